The molecule has 1 amide bonds. The maximum absolute atomic E-state index is 11.1. The van der Waals surface area contributed by atoms with Gasteiger partial charge in [0.1, 0.15) is 0 Å². The predicted molar refractivity (Wildman–Crippen MR) is 55.5 cm³/mol. The molecule has 0 bridgehead atoms. The Hall–Kier alpha value is -0.340. The summed E-state index contributed by atoms with van der Waals surface area (Å²) in [7, 11) is -2.72. The summed E-state index contributed by atoms with van der Waals surface area (Å²) < 4.78 is 30.4. The second kappa shape index (κ2) is 6.20. The van der Waals surface area contributed by atoms with E-state index in [1.54, 1.807) is 11.6 Å². The van der Waals surface area contributed by atoms with Crippen LogP contribution in [-0.4, -0.2) is 33.0 Å². The van der Waals surface area contributed by atoms with Crippen molar-refractivity contribution in [2.45, 2.75) is 19.4 Å². The molecule has 0 aliphatic rings. The van der Waals surface area contributed by atoms with Gasteiger partial charge in [-0.25, -0.2) is 9.52 Å². The molecule has 14 heavy (non-hydrogen) atoms. The number of amides is 1. The maximum atomic E-state index is 11.1. The molecular weight excluding hydrogens is 276 g/mol. The van der Waals surface area contributed by atoms with Crippen molar-refractivity contribution in [1.82, 2.24) is 9.44 Å². The summed E-state index contributed by atoms with van der Waals surface area (Å²) in [4.78, 5) is 10.6. The van der Waals surface area contributed by atoms with Crippen LogP contribution in [0.1, 0.15) is 13.3 Å². The monoisotopic (exact) mass is 288 g/mol. The lowest BCUT2D eigenvalue weighted by Crippen LogP contribution is -2.44. The third-order valence-corrected chi connectivity index (χ3v) is 2.91. The minimum absolute atomic E-state index is 0.253. The summed E-state index contributed by atoms with van der Waals surface area (Å²) >= 11 is 3.18. The lowest BCUT2D eigenvalue weighted by molar-refractivity contribution is 0.177. The molecule has 0 aromatic carbocycles. The SMILES string of the molecule is COC(=O)NS(=O)(=O)NC(C)CCBr. The quantitative estimate of drug-likeness (QED) is 0.715. The van der Waals surface area contributed by atoms with Gasteiger partial charge in [-0.3, -0.25) is 0 Å². The standard InChI is InChI=1S/C6H13BrN2O4S/c1-5(3-4-7)8-14(11,12)9-6(10)13-2/h5,8H,3-4H2,1-2H3,(H,9,10). The molecule has 0 radical (unpaired) electrons. The minimum Gasteiger partial charge on any atom is -0.452 e. The second-order valence-electron chi connectivity index (χ2n) is 2.59. The first-order chi connectivity index (χ1) is 6.41. The highest BCUT2D eigenvalue weighted by Gasteiger charge is 2.16. The average Bonchev–Trinajstić information content (AvgIpc) is 2.02. The van der Waals surface area contributed by atoms with Gasteiger partial charge in [0.2, 0.25) is 0 Å². The van der Waals surface area contributed by atoms with E-state index in [-0.39, 0.29) is 6.04 Å². The lowest BCUT2D eigenvalue weighted by atomic mass is 10.3. The van der Waals surface area contributed by atoms with E-state index in [1.165, 1.54) is 0 Å². The highest BCUT2D eigenvalue weighted by Crippen LogP contribution is 1.96. The van der Waals surface area contributed by atoms with E-state index in [2.05, 4.69) is 25.4 Å². The molecule has 2 N–H and O–H groups in total. The van der Waals surface area contributed by atoms with Crippen molar-refractivity contribution < 1.29 is 17.9 Å². The van der Waals surface area contributed by atoms with Gasteiger partial charge < -0.3 is 4.74 Å². The zero-order valence-electron chi connectivity index (χ0n) is 7.91. The number of rotatable bonds is 5. The molecular formula is C6H13BrN2O4S. The van der Waals surface area contributed by atoms with Crippen LogP contribution in [0.25, 0.3) is 0 Å². The summed E-state index contributed by atoms with van der Waals surface area (Å²) in [5.41, 5.74) is 0. The number of methoxy groups -OCH3 is 1. The van der Waals surface area contributed by atoms with E-state index in [0.29, 0.717) is 11.8 Å². The summed E-state index contributed by atoms with van der Waals surface area (Å²) in [6.07, 6.45) is -0.384. The number of hydrogen-bond donors (Lipinski definition) is 2. The van der Waals surface area contributed by atoms with Gasteiger partial charge in [0, 0.05) is 11.4 Å². The number of halogens is 1. The molecule has 0 spiro atoms. The summed E-state index contributed by atoms with van der Waals surface area (Å²) in [6, 6.07) is -0.253. The van der Waals surface area contributed by atoms with Crippen molar-refractivity contribution in [3.05, 3.63) is 0 Å². The second-order valence-corrected chi connectivity index (χ2v) is 4.83. The van der Waals surface area contributed by atoms with E-state index in [4.69, 9.17) is 0 Å². The predicted octanol–water partition coefficient (Wildman–Crippen LogP) is 0.350. The van der Waals surface area contributed by atoms with Crippen molar-refractivity contribution in [3.8, 4) is 0 Å². The molecule has 1 unspecified atom stereocenters. The topological polar surface area (TPSA) is 84.5 Å². The van der Waals surface area contributed by atoms with Crippen molar-refractivity contribution in [2.24, 2.45) is 0 Å². The van der Waals surface area contributed by atoms with Gasteiger partial charge in [0.05, 0.1) is 7.11 Å². The number of carbonyl (C=O) groups is 1. The van der Waals surface area contributed by atoms with Crippen LogP contribution < -0.4 is 9.44 Å². The molecule has 0 aromatic rings. The number of alkyl halides is 1. The van der Waals surface area contributed by atoms with Gasteiger partial charge >= 0.3 is 16.3 Å². The first-order valence-electron chi connectivity index (χ1n) is 3.85. The van der Waals surface area contributed by atoms with E-state index in [9.17, 15) is 13.2 Å². The van der Waals surface area contributed by atoms with Crippen molar-refractivity contribution in [3.63, 3.8) is 0 Å². The highest BCUT2D eigenvalue weighted by atomic mass is 79.9. The third-order valence-electron chi connectivity index (χ3n) is 1.30. The summed E-state index contributed by atoms with van der Waals surface area (Å²) in [5.74, 6) is 0. The van der Waals surface area contributed by atoms with Crippen LogP contribution in [0.4, 0.5) is 4.79 Å². The smallest absolute Gasteiger partial charge is 0.421 e. The third kappa shape index (κ3) is 6.17. The van der Waals surface area contributed by atoms with Gasteiger partial charge in [-0.15, -0.1) is 0 Å². The fourth-order valence-electron chi connectivity index (χ4n) is 0.668. The zero-order valence-corrected chi connectivity index (χ0v) is 10.3. The molecule has 0 aromatic heterocycles. The van der Waals surface area contributed by atoms with Crippen LogP contribution in [0.3, 0.4) is 0 Å². The fraction of sp³-hybridized carbons (Fsp3) is 0.833. The highest BCUT2D eigenvalue weighted by molar-refractivity contribution is 9.09. The molecule has 1 atom stereocenters. The molecule has 0 heterocycles. The Bertz CT molecular complexity index is 280. The summed E-state index contributed by atoms with van der Waals surface area (Å²) in [5, 5.41) is 0.676. The Kier molecular flexibility index (Phi) is 6.05. The molecule has 0 saturated heterocycles. The minimum atomic E-state index is -3.81. The first-order valence-corrected chi connectivity index (χ1v) is 6.45. The van der Waals surface area contributed by atoms with Crippen molar-refractivity contribution in [2.75, 3.05) is 12.4 Å². The Balaban J connectivity index is 4.14. The molecule has 0 aliphatic carbocycles. The number of carbonyl (C=O) groups excluding carboxylic acids is 1. The number of ether oxygens (including phenoxy) is 1. The molecule has 84 valence electrons. The van der Waals surface area contributed by atoms with E-state index < -0.39 is 16.3 Å². The molecule has 8 heteroatoms. The molecule has 0 saturated carbocycles. The summed E-state index contributed by atoms with van der Waals surface area (Å²) in [6.45, 7) is 1.69. The van der Waals surface area contributed by atoms with Crippen LogP contribution in [0.5, 0.6) is 0 Å². The Morgan fingerprint density at radius 1 is 1.57 bits per heavy atom. The van der Waals surface area contributed by atoms with Crippen LogP contribution in [-0.2, 0) is 14.9 Å². The van der Waals surface area contributed by atoms with Gasteiger partial charge in [-0.1, -0.05) is 15.9 Å². The van der Waals surface area contributed by atoms with E-state index >= 15 is 0 Å². The zero-order chi connectivity index (χ0) is 11.2. The maximum Gasteiger partial charge on any atom is 0.421 e. The molecule has 0 fully saturated rings. The lowest BCUT2D eigenvalue weighted by Gasteiger charge is -2.12. The molecule has 0 rings (SSSR count). The Morgan fingerprint density at radius 2 is 2.14 bits per heavy atom. The van der Waals surface area contributed by atoms with Crippen LogP contribution in [0.2, 0.25) is 0 Å². The Labute approximate surface area is 91.7 Å². The van der Waals surface area contributed by atoms with E-state index in [1.807, 2.05) is 0 Å². The van der Waals surface area contributed by atoms with E-state index in [0.717, 1.165) is 7.11 Å². The van der Waals surface area contributed by atoms with Gasteiger partial charge in [-0.05, 0) is 13.3 Å². The van der Waals surface area contributed by atoms with Gasteiger partial charge in [-0.2, -0.15) is 13.1 Å². The molecule has 6 nitrogen and oxygen atoms in total. The van der Waals surface area contributed by atoms with Crippen LogP contribution >= 0.6 is 15.9 Å². The average molecular weight is 289 g/mol. The first kappa shape index (κ1) is 13.7. The fourth-order valence-corrected chi connectivity index (χ4v) is 2.36. The number of hydrogen-bond acceptors (Lipinski definition) is 4. The van der Waals surface area contributed by atoms with Crippen molar-refractivity contribution in [1.29, 1.82) is 0 Å². The van der Waals surface area contributed by atoms with Gasteiger partial charge in [0.25, 0.3) is 0 Å². The largest absolute Gasteiger partial charge is 0.452 e. The normalized spacial score (nSPS) is 13.4. The van der Waals surface area contributed by atoms with Crippen LogP contribution in [0, 0.1) is 0 Å². The van der Waals surface area contributed by atoms with Gasteiger partial charge in [0.15, 0.2) is 0 Å². The molecule has 0 aliphatic heterocycles. The number of nitrogens with one attached hydrogen (secondary N) is 2. The van der Waals surface area contributed by atoms with Crippen LogP contribution in [0.15, 0.2) is 0 Å². The Morgan fingerprint density at radius 3 is 2.57 bits per heavy atom. The van der Waals surface area contributed by atoms with Crippen molar-refractivity contribution >= 4 is 32.2 Å².